The predicted molar refractivity (Wildman–Crippen MR) is 89.6 cm³/mol. The van der Waals surface area contributed by atoms with Crippen molar-refractivity contribution in [3.8, 4) is 0 Å². The molecule has 122 valence electrons. The number of rotatable bonds is 5. The topological polar surface area (TPSA) is 52.7 Å². The lowest BCUT2D eigenvalue weighted by atomic mass is 10.2. The van der Waals surface area contributed by atoms with Crippen molar-refractivity contribution in [2.75, 3.05) is 32.7 Å². The summed E-state index contributed by atoms with van der Waals surface area (Å²) in [4.78, 5) is 28.8. The molecule has 22 heavy (non-hydrogen) atoms. The summed E-state index contributed by atoms with van der Waals surface area (Å²) in [5.41, 5.74) is 0. The summed E-state index contributed by atoms with van der Waals surface area (Å²) >= 11 is 7.18. The Bertz CT molecular complexity index is 527. The summed E-state index contributed by atoms with van der Waals surface area (Å²) in [7, 11) is 0. The number of amides is 2. The molecule has 0 spiro atoms. The van der Waals surface area contributed by atoms with Crippen LogP contribution in [0.5, 0.6) is 0 Å². The summed E-state index contributed by atoms with van der Waals surface area (Å²) in [6.07, 6.45) is 0.928. The zero-order valence-corrected chi connectivity index (χ0v) is 14.5. The molecule has 1 fully saturated rings. The second-order valence-corrected chi connectivity index (χ2v) is 7.26. The zero-order valence-electron chi connectivity index (χ0n) is 13.0. The van der Waals surface area contributed by atoms with Crippen LogP contribution in [0.1, 0.15) is 29.9 Å². The maximum atomic E-state index is 12.3. The van der Waals surface area contributed by atoms with E-state index in [1.807, 2.05) is 18.7 Å². The minimum Gasteiger partial charge on any atom is -0.353 e. The number of carbonyl (C=O) groups is 2. The van der Waals surface area contributed by atoms with Gasteiger partial charge < -0.3 is 10.2 Å². The first kappa shape index (κ1) is 17.2. The number of nitrogens with one attached hydrogen (secondary N) is 1. The number of halogens is 1. The number of piperazine rings is 1. The van der Waals surface area contributed by atoms with E-state index in [1.54, 1.807) is 12.1 Å². The molecule has 1 N–H and O–H groups in total. The number of carbonyl (C=O) groups excluding carboxylic acids is 2. The van der Waals surface area contributed by atoms with E-state index in [9.17, 15) is 9.59 Å². The molecule has 1 atom stereocenters. The molecule has 0 bridgehead atoms. The van der Waals surface area contributed by atoms with Crippen molar-refractivity contribution in [2.45, 2.75) is 26.3 Å². The van der Waals surface area contributed by atoms with Crippen molar-refractivity contribution in [1.82, 2.24) is 15.1 Å². The van der Waals surface area contributed by atoms with Gasteiger partial charge >= 0.3 is 0 Å². The van der Waals surface area contributed by atoms with Crippen LogP contribution in [0.3, 0.4) is 0 Å². The molecule has 1 saturated heterocycles. The van der Waals surface area contributed by atoms with E-state index in [-0.39, 0.29) is 17.9 Å². The van der Waals surface area contributed by atoms with Crippen LogP contribution in [0.25, 0.3) is 0 Å². The van der Waals surface area contributed by atoms with E-state index < -0.39 is 0 Å². The van der Waals surface area contributed by atoms with Gasteiger partial charge in [-0.15, -0.1) is 11.3 Å². The van der Waals surface area contributed by atoms with Gasteiger partial charge in [0.15, 0.2) is 0 Å². The maximum Gasteiger partial charge on any atom is 0.264 e. The minimum atomic E-state index is 0.0283. The molecule has 0 aliphatic carbocycles. The Morgan fingerprint density at radius 2 is 2.00 bits per heavy atom. The molecule has 1 aromatic heterocycles. The SMILES string of the molecule is CCC(C)NC(=O)CN1CCN(C(=O)c2ccc(Cl)s2)CC1. The highest BCUT2D eigenvalue weighted by Gasteiger charge is 2.24. The van der Waals surface area contributed by atoms with Gasteiger partial charge in [-0.05, 0) is 25.5 Å². The Hall–Kier alpha value is -1.11. The second kappa shape index (κ2) is 7.94. The fourth-order valence-corrected chi connectivity index (χ4v) is 3.33. The average Bonchev–Trinajstić information content (AvgIpc) is 2.93. The second-order valence-electron chi connectivity index (χ2n) is 5.55. The van der Waals surface area contributed by atoms with Crippen molar-refractivity contribution in [2.24, 2.45) is 0 Å². The first-order valence-corrected chi connectivity index (χ1v) is 8.75. The van der Waals surface area contributed by atoms with E-state index in [2.05, 4.69) is 10.2 Å². The van der Waals surface area contributed by atoms with Gasteiger partial charge in [-0.3, -0.25) is 14.5 Å². The van der Waals surface area contributed by atoms with Crippen molar-refractivity contribution in [1.29, 1.82) is 0 Å². The third-order valence-electron chi connectivity index (χ3n) is 3.83. The lowest BCUT2D eigenvalue weighted by Gasteiger charge is -2.34. The van der Waals surface area contributed by atoms with Crippen LogP contribution in [0.15, 0.2) is 12.1 Å². The summed E-state index contributed by atoms with van der Waals surface area (Å²) in [6, 6.07) is 3.72. The van der Waals surface area contributed by atoms with E-state index in [0.29, 0.717) is 28.8 Å². The molecule has 2 heterocycles. The van der Waals surface area contributed by atoms with Gasteiger partial charge in [-0.25, -0.2) is 0 Å². The molecule has 1 unspecified atom stereocenters. The van der Waals surface area contributed by atoms with Crippen LogP contribution in [0, 0.1) is 0 Å². The Kier molecular flexibility index (Phi) is 6.23. The first-order chi connectivity index (χ1) is 10.5. The molecule has 2 amide bonds. The summed E-state index contributed by atoms with van der Waals surface area (Å²) in [5.74, 6) is 0.0831. The summed E-state index contributed by atoms with van der Waals surface area (Å²) in [5, 5.41) is 2.97. The number of hydrogen-bond donors (Lipinski definition) is 1. The lowest BCUT2D eigenvalue weighted by Crippen LogP contribution is -2.51. The van der Waals surface area contributed by atoms with Crippen LogP contribution >= 0.6 is 22.9 Å². The van der Waals surface area contributed by atoms with Crippen molar-refractivity contribution in [3.63, 3.8) is 0 Å². The highest BCUT2D eigenvalue weighted by Crippen LogP contribution is 2.23. The Labute approximate surface area is 140 Å². The first-order valence-electron chi connectivity index (χ1n) is 7.56. The van der Waals surface area contributed by atoms with E-state index in [1.165, 1.54) is 11.3 Å². The fraction of sp³-hybridized carbons (Fsp3) is 0.600. The molecule has 7 heteroatoms. The zero-order chi connectivity index (χ0) is 16.1. The van der Waals surface area contributed by atoms with Gasteiger partial charge in [-0.1, -0.05) is 18.5 Å². The highest BCUT2D eigenvalue weighted by molar-refractivity contribution is 7.17. The molecule has 0 saturated carbocycles. The quantitative estimate of drug-likeness (QED) is 0.890. The van der Waals surface area contributed by atoms with E-state index >= 15 is 0 Å². The molecular formula is C15H22ClN3O2S. The number of nitrogens with zero attached hydrogens (tertiary/aromatic N) is 2. The van der Waals surface area contributed by atoms with Crippen LogP contribution < -0.4 is 5.32 Å². The van der Waals surface area contributed by atoms with Crippen LogP contribution in [-0.2, 0) is 4.79 Å². The number of thiophene rings is 1. The predicted octanol–water partition coefficient (Wildman–Crippen LogP) is 2.07. The molecule has 0 radical (unpaired) electrons. The monoisotopic (exact) mass is 343 g/mol. The number of hydrogen-bond acceptors (Lipinski definition) is 4. The van der Waals surface area contributed by atoms with Gasteiger partial charge in [0.25, 0.3) is 5.91 Å². The van der Waals surface area contributed by atoms with Gasteiger partial charge in [0.05, 0.1) is 15.8 Å². The third kappa shape index (κ3) is 4.69. The molecular weight excluding hydrogens is 322 g/mol. The lowest BCUT2D eigenvalue weighted by molar-refractivity contribution is -0.123. The summed E-state index contributed by atoms with van der Waals surface area (Å²) in [6.45, 7) is 7.18. The standard InChI is InChI=1S/C15H22ClN3O2S/c1-3-11(2)17-14(20)10-18-6-8-19(9-7-18)15(21)12-4-5-13(16)22-12/h4-5,11H,3,6-10H2,1-2H3,(H,17,20). The summed E-state index contributed by atoms with van der Waals surface area (Å²) < 4.78 is 0.628. The normalized spacial score (nSPS) is 17.3. The van der Waals surface area contributed by atoms with Gasteiger partial charge in [0.1, 0.15) is 0 Å². The Morgan fingerprint density at radius 1 is 1.32 bits per heavy atom. The Balaban J connectivity index is 1.78. The highest BCUT2D eigenvalue weighted by atomic mass is 35.5. The van der Waals surface area contributed by atoms with Crippen LogP contribution in [0.4, 0.5) is 0 Å². The molecule has 1 aliphatic heterocycles. The van der Waals surface area contributed by atoms with E-state index in [0.717, 1.165) is 19.5 Å². The molecule has 1 aliphatic rings. The smallest absolute Gasteiger partial charge is 0.264 e. The largest absolute Gasteiger partial charge is 0.353 e. The molecule has 0 aromatic carbocycles. The van der Waals surface area contributed by atoms with E-state index in [4.69, 9.17) is 11.6 Å². The molecule has 5 nitrogen and oxygen atoms in total. The van der Waals surface area contributed by atoms with Crippen molar-refractivity contribution < 1.29 is 9.59 Å². The van der Waals surface area contributed by atoms with Gasteiger partial charge in [-0.2, -0.15) is 0 Å². The minimum absolute atomic E-state index is 0.0283. The van der Waals surface area contributed by atoms with Crippen LogP contribution in [-0.4, -0.2) is 60.4 Å². The van der Waals surface area contributed by atoms with Gasteiger partial charge in [0, 0.05) is 32.2 Å². The van der Waals surface area contributed by atoms with Crippen LogP contribution in [0.2, 0.25) is 4.34 Å². The molecule has 1 aromatic rings. The maximum absolute atomic E-state index is 12.3. The van der Waals surface area contributed by atoms with Crippen molar-refractivity contribution in [3.05, 3.63) is 21.3 Å². The van der Waals surface area contributed by atoms with Crippen molar-refractivity contribution >= 4 is 34.8 Å². The third-order valence-corrected chi connectivity index (χ3v) is 5.05. The van der Waals surface area contributed by atoms with Gasteiger partial charge in [0.2, 0.25) is 5.91 Å². The fourth-order valence-electron chi connectivity index (χ4n) is 2.32. The average molecular weight is 344 g/mol. The Morgan fingerprint density at radius 3 is 2.55 bits per heavy atom. The molecule has 2 rings (SSSR count).